The smallest absolute Gasteiger partial charge is 0.224 e. The summed E-state index contributed by atoms with van der Waals surface area (Å²) in [6.07, 6.45) is 9.10. The minimum atomic E-state index is -0.464. The first-order valence-electron chi connectivity index (χ1n) is 16.4. The summed E-state index contributed by atoms with van der Waals surface area (Å²) in [5.41, 5.74) is 2.90. The van der Waals surface area contributed by atoms with Crippen LogP contribution in [0.1, 0.15) is 101 Å². The zero-order valence-corrected chi connectivity index (χ0v) is 28.1. The molecule has 1 aromatic carbocycles. The monoisotopic (exact) mass is 625 g/mol. The topological polar surface area (TPSA) is 79.4 Å². The highest BCUT2D eigenvalue weighted by Crippen LogP contribution is 2.30. The number of carbonyl (C=O) groups excluding carboxylic acids is 3. The standard InChI is InChI=1S/C35H51N3O3S2/c1-5-30(39)20-28(22-34-37-31-13-11-27(24(2)3)21-33(31)43-34)35(41)36-29(19-26-9-7-6-8-10-26)12-14-32(40)25(4)23-38-15-17-42-18-16-38/h11,13,21,24,26,28-29H,4-10,12,14-20,22-23H2,1-3H3,(H,36,41)/t28-,29+/m0/s1. The lowest BCUT2D eigenvalue weighted by atomic mass is 9.83. The van der Waals surface area contributed by atoms with E-state index in [4.69, 9.17) is 4.98 Å². The van der Waals surface area contributed by atoms with E-state index in [1.807, 2.05) is 18.7 Å². The summed E-state index contributed by atoms with van der Waals surface area (Å²) < 4.78 is 1.12. The molecule has 2 aromatic rings. The normalized spacial score (nSPS) is 18.0. The Balaban J connectivity index is 1.43. The maximum atomic E-state index is 13.9. The van der Waals surface area contributed by atoms with Crippen LogP contribution in [0, 0.1) is 11.8 Å². The average Bonchev–Trinajstić information content (AvgIpc) is 3.41. The number of thioether (sulfide) groups is 1. The minimum Gasteiger partial charge on any atom is -0.353 e. The molecule has 1 aliphatic heterocycles. The number of nitrogens with one attached hydrogen (secondary N) is 1. The number of thiazole rings is 1. The van der Waals surface area contributed by atoms with E-state index in [0.717, 1.165) is 46.2 Å². The first kappa shape index (κ1) is 33.9. The number of ketones is 2. The molecule has 1 aliphatic carbocycles. The van der Waals surface area contributed by atoms with Crippen LogP contribution in [0.4, 0.5) is 0 Å². The van der Waals surface area contributed by atoms with Crippen LogP contribution >= 0.6 is 23.1 Å². The van der Waals surface area contributed by atoms with Gasteiger partial charge >= 0.3 is 0 Å². The number of nitrogens with zero attached hydrogens (tertiary/aromatic N) is 2. The molecule has 2 aliphatic rings. The van der Waals surface area contributed by atoms with Crippen molar-refractivity contribution in [1.82, 2.24) is 15.2 Å². The summed E-state index contributed by atoms with van der Waals surface area (Å²) in [5, 5.41) is 4.23. The van der Waals surface area contributed by atoms with Gasteiger partial charge in [0.25, 0.3) is 0 Å². The third kappa shape index (κ3) is 10.5. The molecule has 0 bridgehead atoms. The van der Waals surface area contributed by atoms with E-state index in [9.17, 15) is 14.4 Å². The van der Waals surface area contributed by atoms with Gasteiger partial charge in [0.05, 0.1) is 21.1 Å². The number of hydrogen-bond donors (Lipinski definition) is 1. The molecule has 0 spiro atoms. The Morgan fingerprint density at radius 2 is 1.86 bits per heavy atom. The molecule has 1 aromatic heterocycles. The van der Waals surface area contributed by atoms with Crippen molar-refractivity contribution in [2.24, 2.45) is 11.8 Å². The summed E-state index contributed by atoms with van der Waals surface area (Å²) in [5.74, 6) is 2.87. The zero-order valence-electron chi connectivity index (χ0n) is 26.5. The maximum absolute atomic E-state index is 13.9. The average molecular weight is 626 g/mol. The van der Waals surface area contributed by atoms with E-state index in [2.05, 4.69) is 48.8 Å². The van der Waals surface area contributed by atoms with Gasteiger partial charge < -0.3 is 5.32 Å². The van der Waals surface area contributed by atoms with E-state index in [-0.39, 0.29) is 29.9 Å². The highest BCUT2D eigenvalue weighted by atomic mass is 32.2. The maximum Gasteiger partial charge on any atom is 0.224 e. The van der Waals surface area contributed by atoms with E-state index >= 15 is 0 Å². The van der Waals surface area contributed by atoms with E-state index in [1.165, 1.54) is 37.7 Å². The molecular formula is C35H51N3O3S2. The molecule has 43 heavy (non-hydrogen) atoms. The van der Waals surface area contributed by atoms with Crippen LogP contribution in [0.3, 0.4) is 0 Å². The summed E-state index contributed by atoms with van der Waals surface area (Å²) >= 11 is 3.59. The predicted molar refractivity (Wildman–Crippen MR) is 181 cm³/mol. The largest absolute Gasteiger partial charge is 0.353 e. The molecule has 1 saturated heterocycles. The number of carbonyl (C=O) groups is 3. The molecule has 0 unspecified atom stereocenters. The van der Waals surface area contributed by atoms with Crippen LogP contribution in [0.5, 0.6) is 0 Å². The van der Waals surface area contributed by atoms with Crippen LogP contribution in [0.25, 0.3) is 10.2 Å². The molecule has 2 atom stereocenters. The van der Waals surface area contributed by atoms with Crippen molar-refractivity contribution in [2.45, 2.75) is 103 Å². The van der Waals surface area contributed by atoms with Crippen LogP contribution in [-0.4, -0.2) is 64.5 Å². The van der Waals surface area contributed by atoms with Crippen molar-refractivity contribution in [1.29, 1.82) is 0 Å². The lowest BCUT2D eigenvalue weighted by molar-refractivity contribution is -0.130. The number of rotatable bonds is 16. The Bertz CT molecular complexity index is 1240. The second kappa shape index (κ2) is 16.9. The van der Waals surface area contributed by atoms with Crippen molar-refractivity contribution < 1.29 is 14.4 Å². The minimum absolute atomic E-state index is 0.0815. The Morgan fingerprint density at radius 3 is 2.56 bits per heavy atom. The van der Waals surface area contributed by atoms with E-state index in [1.54, 1.807) is 11.3 Å². The lowest BCUT2D eigenvalue weighted by Gasteiger charge is -2.29. The summed E-state index contributed by atoms with van der Waals surface area (Å²) in [4.78, 5) is 46.7. The Labute approximate surface area is 266 Å². The number of Topliss-reactive ketones (excluding diaryl/α,β-unsaturated/α-hetero) is 2. The van der Waals surface area contributed by atoms with Gasteiger partial charge in [-0.3, -0.25) is 19.3 Å². The molecule has 8 heteroatoms. The SMILES string of the molecule is C=C(CN1CCSCC1)C(=O)CC[C@H](CC1CCCCC1)NC(=O)[C@@H](CC(=O)CC)Cc1nc2ccc(C(C)C)cc2s1. The third-order valence-electron chi connectivity index (χ3n) is 9.11. The zero-order chi connectivity index (χ0) is 30.8. The molecular weight excluding hydrogens is 575 g/mol. The van der Waals surface area contributed by atoms with Gasteiger partial charge in [0, 0.05) is 68.4 Å². The van der Waals surface area contributed by atoms with Gasteiger partial charge in [0.1, 0.15) is 5.78 Å². The Morgan fingerprint density at radius 1 is 1.12 bits per heavy atom. The van der Waals surface area contributed by atoms with Crippen molar-refractivity contribution in [3.8, 4) is 0 Å². The van der Waals surface area contributed by atoms with Crippen LogP contribution < -0.4 is 5.32 Å². The molecule has 6 nitrogen and oxygen atoms in total. The summed E-state index contributed by atoms with van der Waals surface area (Å²) in [6.45, 7) is 13.0. The summed E-state index contributed by atoms with van der Waals surface area (Å²) in [6, 6.07) is 6.30. The van der Waals surface area contributed by atoms with Crippen LogP contribution in [-0.2, 0) is 20.8 Å². The molecule has 2 heterocycles. The Hall–Kier alpha value is -2.03. The molecule has 1 amide bonds. The first-order valence-corrected chi connectivity index (χ1v) is 18.4. The lowest BCUT2D eigenvalue weighted by Crippen LogP contribution is -2.42. The van der Waals surface area contributed by atoms with Crippen molar-refractivity contribution in [3.05, 3.63) is 40.9 Å². The van der Waals surface area contributed by atoms with E-state index in [0.29, 0.717) is 49.6 Å². The highest BCUT2D eigenvalue weighted by Gasteiger charge is 2.28. The number of benzene rings is 1. The molecule has 2 fully saturated rings. The molecule has 1 N–H and O–H groups in total. The number of fused-ring (bicyclic) bond motifs is 1. The second-order valence-electron chi connectivity index (χ2n) is 12.9. The van der Waals surface area contributed by atoms with E-state index < -0.39 is 5.92 Å². The fourth-order valence-electron chi connectivity index (χ4n) is 6.32. The van der Waals surface area contributed by atoms with Gasteiger partial charge in [-0.15, -0.1) is 11.3 Å². The van der Waals surface area contributed by atoms with Gasteiger partial charge in [0.15, 0.2) is 5.78 Å². The molecule has 236 valence electrons. The van der Waals surface area contributed by atoms with Gasteiger partial charge in [-0.2, -0.15) is 11.8 Å². The fraction of sp³-hybridized carbons (Fsp3) is 0.657. The fourth-order valence-corrected chi connectivity index (χ4v) is 8.39. The van der Waals surface area contributed by atoms with Crippen molar-refractivity contribution >= 4 is 50.8 Å². The van der Waals surface area contributed by atoms with Gasteiger partial charge in [0.2, 0.25) is 5.91 Å². The molecule has 1 saturated carbocycles. The van der Waals surface area contributed by atoms with Crippen molar-refractivity contribution in [3.63, 3.8) is 0 Å². The summed E-state index contributed by atoms with van der Waals surface area (Å²) in [7, 11) is 0. The molecule has 0 radical (unpaired) electrons. The first-order chi connectivity index (χ1) is 20.7. The molecule has 4 rings (SSSR count). The van der Waals surface area contributed by atoms with Gasteiger partial charge in [-0.25, -0.2) is 4.98 Å². The Kier molecular flexibility index (Phi) is 13.3. The predicted octanol–water partition coefficient (Wildman–Crippen LogP) is 7.36. The second-order valence-corrected chi connectivity index (χ2v) is 15.2. The number of aromatic nitrogens is 1. The number of amides is 1. The van der Waals surface area contributed by atoms with Crippen LogP contribution in [0.2, 0.25) is 0 Å². The van der Waals surface area contributed by atoms with Crippen LogP contribution in [0.15, 0.2) is 30.4 Å². The van der Waals surface area contributed by atoms with Gasteiger partial charge in [-0.1, -0.05) is 65.5 Å². The number of hydrogen-bond acceptors (Lipinski definition) is 7. The quantitative estimate of drug-likeness (QED) is 0.197. The third-order valence-corrected chi connectivity index (χ3v) is 11.1. The highest BCUT2D eigenvalue weighted by molar-refractivity contribution is 7.99. The van der Waals surface area contributed by atoms with Crippen molar-refractivity contribution in [2.75, 3.05) is 31.1 Å². The van der Waals surface area contributed by atoms with Gasteiger partial charge in [-0.05, 0) is 42.4 Å².